The van der Waals surface area contributed by atoms with Crippen molar-refractivity contribution >= 4 is 40.2 Å². The number of unbranched alkanes of at least 4 members (excludes halogenated alkanes) is 2. The number of amides is 1. The second-order valence-corrected chi connectivity index (χ2v) is 8.13. The van der Waals surface area contributed by atoms with E-state index in [1.165, 1.54) is 11.8 Å². The van der Waals surface area contributed by atoms with Crippen molar-refractivity contribution < 1.29 is 4.79 Å². The molecule has 0 atom stereocenters. The molecular formula is C22H24ClN3O2S. The largest absolute Gasteiger partial charge is 0.355 e. The molecule has 1 heterocycles. The lowest BCUT2D eigenvalue weighted by atomic mass is 10.2. The second kappa shape index (κ2) is 9.94. The van der Waals surface area contributed by atoms with Gasteiger partial charge in [-0.2, -0.15) is 0 Å². The highest BCUT2D eigenvalue weighted by Gasteiger charge is 2.16. The van der Waals surface area contributed by atoms with E-state index in [9.17, 15) is 9.59 Å². The Hall–Kier alpha value is -2.31. The van der Waals surface area contributed by atoms with E-state index >= 15 is 0 Å². The van der Waals surface area contributed by atoms with Crippen molar-refractivity contribution in [1.29, 1.82) is 0 Å². The Labute approximate surface area is 179 Å². The maximum atomic E-state index is 13.3. The van der Waals surface area contributed by atoms with Gasteiger partial charge in [0.2, 0.25) is 5.91 Å². The molecule has 0 unspecified atom stereocenters. The zero-order chi connectivity index (χ0) is 20.8. The minimum absolute atomic E-state index is 0.0668. The van der Waals surface area contributed by atoms with Crippen LogP contribution >= 0.6 is 23.4 Å². The molecule has 0 aliphatic rings. The number of hydrogen-bond donors (Lipinski definition) is 1. The predicted molar refractivity (Wildman–Crippen MR) is 120 cm³/mol. The molecule has 0 aliphatic carbocycles. The van der Waals surface area contributed by atoms with Crippen molar-refractivity contribution in [3.63, 3.8) is 0 Å². The summed E-state index contributed by atoms with van der Waals surface area (Å²) in [6, 6.07) is 12.7. The number of nitrogens with one attached hydrogen (secondary N) is 1. The number of hydrogen-bond acceptors (Lipinski definition) is 4. The van der Waals surface area contributed by atoms with Gasteiger partial charge in [0.15, 0.2) is 5.16 Å². The van der Waals surface area contributed by atoms with E-state index in [1.54, 1.807) is 28.8 Å². The number of aromatic nitrogens is 2. The highest BCUT2D eigenvalue weighted by atomic mass is 35.5. The molecule has 0 saturated heterocycles. The highest BCUT2D eigenvalue weighted by Crippen LogP contribution is 2.26. The first-order valence-electron chi connectivity index (χ1n) is 9.69. The minimum atomic E-state index is -0.174. The van der Waals surface area contributed by atoms with Crippen LogP contribution in [0.4, 0.5) is 0 Å². The molecule has 3 aromatic rings. The van der Waals surface area contributed by atoms with Gasteiger partial charge in [-0.3, -0.25) is 14.2 Å². The summed E-state index contributed by atoms with van der Waals surface area (Å²) in [5, 5.41) is 4.50. The molecule has 2 aromatic carbocycles. The van der Waals surface area contributed by atoms with Crippen molar-refractivity contribution in [2.45, 2.75) is 38.3 Å². The number of carbonyl (C=O) groups excluding carboxylic acids is 1. The van der Waals surface area contributed by atoms with Crippen LogP contribution in [0.25, 0.3) is 16.6 Å². The molecule has 0 saturated carbocycles. The molecule has 29 heavy (non-hydrogen) atoms. The van der Waals surface area contributed by atoms with Gasteiger partial charge in [0.1, 0.15) is 0 Å². The van der Waals surface area contributed by atoms with Gasteiger partial charge in [-0.25, -0.2) is 4.98 Å². The summed E-state index contributed by atoms with van der Waals surface area (Å²) < 4.78 is 1.55. The van der Waals surface area contributed by atoms with Gasteiger partial charge in [-0.1, -0.05) is 61.3 Å². The normalized spacial score (nSPS) is 11.0. The summed E-state index contributed by atoms with van der Waals surface area (Å²) >= 11 is 7.54. The van der Waals surface area contributed by atoms with Gasteiger partial charge in [-0.15, -0.1) is 0 Å². The first kappa shape index (κ1) is 21.4. The third-order valence-corrected chi connectivity index (χ3v) is 6.01. The van der Waals surface area contributed by atoms with Crippen LogP contribution in [0.15, 0.2) is 52.4 Å². The number of halogens is 1. The molecule has 0 spiro atoms. The fraction of sp³-hybridized carbons (Fsp3) is 0.318. The lowest BCUT2D eigenvalue weighted by Gasteiger charge is -2.15. The van der Waals surface area contributed by atoms with Gasteiger partial charge in [-0.05, 0) is 43.2 Å². The average Bonchev–Trinajstić information content (AvgIpc) is 2.72. The summed E-state index contributed by atoms with van der Waals surface area (Å²) in [5.41, 5.74) is 1.90. The molecule has 0 fully saturated rings. The Kier molecular flexibility index (Phi) is 7.34. The maximum absolute atomic E-state index is 13.3. The smallest absolute Gasteiger partial charge is 0.266 e. The SMILES string of the molecule is CCCCCNC(=O)CSc1nc2ccccc2c(=O)n1-c1cccc(Cl)c1C. The van der Waals surface area contributed by atoms with Crippen molar-refractivity contribution in [3.05, 3.63) is 63.4 Å². The third kappa shape index (κ3) is 5.00. The Bertz CT molecular complexity index is 1080. The molecule has 1 N–H and O–H groups in total. The molecular weight excluding hydrogens is 406 g/mol. The standard InChI is InChI=1S/C22H24ClN3O2S/c1-3-4-7-13-24-20(27)14-29-22-25-18-11-6-5-9-16(18)21(28)26(22)19-12-8-10-17(23)15(19)2/h5-6,8-12H,3-4,7,13-14H2,1-2H3,(H,24,27). The van der Waals surface area contributed by atoms with Crippen molar-refractivity contribution in [3.8, 4) is 5.69 Å². The predicted octanol–water partition coefficient (Wildman–Crippen LogP) is 4.75. The summed E-state index contributed by atoms with van der Waals surface area (Å²) in [4.78, 5) is 30.2. The van der Waals surface area contributed by atoms with Crippen molar-refractivity contribution in [2.24, 2.45) is 0 Å². The quantitative estimate of drug-likeness (QED) is 0.319. The van der Waals surface area contributed by atoms with E-state index in [1.807, 2.05) is 25.1 Å². The lowest BCUT2D eigenvalue weighted by molar-refractivity contribution is -0.118. The molecule has 0 aliphatic heterocycles. The summed E-state index contributed by atoms with van der Waals surface area (Å²) in [6.07, 6.45) is 3.16. The maximum Gasteiger partial charge on any atom is 0.266 e. The van der Waals surface area contributed by atoms with E-state index in [0.29, 0.717) is 33.3 Å². The molecule has 0 bridgehead atoms. The zero-order valence-corrected chi connectivity index (χ0v) is 18.1. The Morgan fingerprint density at radius 1 is 1.17 bits per heavy atom. The number of rotatable bonds is 8. The fourth-order valence-corrected chi connectivity index (χ4v) is 4.05. The molecule has 5 nitrogen and oxygen atoms in total. The van der Waals surface area contributed by atoms with E-state index in [2.05, 4.69) is 17.2 Å². The first-order chi connectivity index (χ1) is 14.0. The van der Waals surface area contributed by atoms with Gasteiger partial charge in [0, 0.05) is 11.6 Å². The number of nitrogens with zero attached hydrogens (tertiary/aromatic N) is 2. The second-order valence-electron chi connectivity index (χ2n) is 6.78. The fourth-order valence-electron chi connectivity index (χ4n) is 3.04. The van der Waals surface area contributed by atoms with Crippen LogP contribution in [0, 0.1) is 6.92 Å². The van der Waals surface area contributed by atoms with E-state index < -0.39 is 0 Å². The van der Waals surface area contributed by atoms with Crippen LogP contribution < -0.4 is 10.9 Å². The van der Waals surface area contributed by atoms with Crippen LogP contribution in [0.2, 0.25) is 5.02 Å². The zero-order valence-electron chi connectivity index (χ0n) is 16.6. The van der Waals surface area contributed by atoms with E-state index in [-0.39, 0.29) is 17.2 Å². The number of benzene rings is 2. The van der Waals surface area contributed by atoms with E-state index in [4.69, 9.17) is 11.6 Å². The Morgan fingerprint density at radius 3 is 2.76 bits per heavy atom. The molecule has 7 heteroatoms. The summed E-state index contributed by atoms with van der Waals surface area (Å²) in [5.74, 6) is 0.124. The first-order valence-corrected chi connectivity index (χ1v) is 11.1. The number of thioether (sulfide) groups is 1. The molecule has 3 rings (SSSR count). The molecule has 1 amide bonds. The Balaban J connectivity index is 1.96. The minimum Gasteiger partial charge on any atom is -0.355 e. The third-order valence-electron chi connectivity index (χ3n) is 4.66. The van der Waals surface area contributed by atoms with Crippen LogP contribution in [-0.2, 0) is 4.79 Å². The van der Waals surface area contributed by atoms with Gasteiger partial charge >= 0.3 is 0 Å². The number of para-hydroxylation sites is 1. The van der Waals surface area contributed by atoms with Crippen LogP contribution in [-0.4, -0.2) is 27.8 Å². The summed E-state index contributed by atoms with van der Waals surface area (Å²) in [6.45, 7) is 4.66. The molecule has 152 valence electrons. The Morgan fingerprint density at radius 2 is 1.97 bits per heavy atom. The average molecular weight is 430 g/mol. The van der Waals surface area contributed by atoms with Gasteiger partial charge in [0.05, 0.1) is 22.3 Å². The summed E-state index contributed by atoms with van der Waals surface area (Å²) in [7, 11) is 0. The van der Waals surface area contributed by atoms with Gasteiger partial charge in [0.25, 0.3) is 5.56 Å². The molecule has 1 aromatic heterocycles. The lowest BCUT2D eigenvalue weighted by Crippen LogP contribution is -2.27. The van der Waals surface area contributed by atoms with E-state index in [0.717, 1.165) is 24.8 Å². The topological polar surface area (TPSA) is 64.0 Å². The van der Waals surface area contributed by atoms with Crippen molar-refractivity contribution in [2.75, 3.05) is 12.3 Å². The van der Waals surface area contributed by atoms with Crippen LogP contribution in [0.3, 0.4) is 0 Å². The van der Waals surface area contributed by atoms with Crippen LogP contribution in [0.1, 0.15) is 31.7 Å². The van der Waals surface area contributed by atoms with Gasteiger partial charge < -0.3 is 5.32 Å². The highest BCUT2D eigenvalue weighted by molar-refractivity contribution is 7.99. The number of fused-ring (bicyclic) bond motifs is 1. The van der Waals surface area contributed by atoms with Crippen LogP contribution in [0.5, 0.6) is 0 Å². The number of carbonyl (C=O) groups is 1. The monoisotopic (exact) mass is 429 g/mol. The molecule has 0 radical (unpaired) electrons. The van der Waals surface area contributed by atoms with Crippen molar-refractivity contribution in [1.82, 2.24) is 14.9 Å².